The first kappa shape index (κ1) is 22.6. The predicted molar refractivity (Wildman–Crippen MR) is 106 cm³/mol. The summed E-state index contributed by atoms with van der Waals surface area (Å²) in [5.41, 5.74) is -0.578. The molecule has 0 aromatic rings. The number of carbonyl (C=O) groups is 1. The summed E-state index contributed by atoms with van der Waals surface area (Å²) in [4.78, 5) is 15.0. The van der Waals surface area contributed by atoms with Gasteiger partial charge in [-0.25, -0.2) is 4.79 Å². The molecule has 7 nitrogen and oxygen atoms in total. The van der Waals surface area contributed by atoms with Gasteiger partial charge < -0.3 is 23.3 Å². The van der Waals surface area contributed by atoms with Crippen LogP contribution in [-0.2, 0) is 18.0 Å². The van der Waals surface area contributed by atoms with Gasteiger partial charge in [0.05, 0.1) is 12.1 Å². The van der Waals surface area contributed by atoms with E-state index in [9.17, 15) is 4.79 Å². The van der Waals surface area contributed by atoms with E-state index in [0.29, 0.717) is 32.3 Å². The fraction of sp³-hybridized carbons (Fsp3) is 0.947. The van der Waals surface area contributed by atoms with E-state index in [1.165, 1.54) is 12.8 Å². The van der Waals surface area contributed by atoms with E-state index in [1.807, 2.05) is 27.7 Å². The first-order valence-electron chi connectivity index (χ1n) is 10.6. The van der Waals surface area contributed by atoms with Crippen LogP contribution >= 0.6 is 0 Å². The quantitative estimate of drug-likeness (QED) is 0.534. The largest absolute Gasteiger partial charge is 0.508 e. The molecule has 1 amide bonds. The molecular formula is C19H38N2O5Si. The summed E-state index contributed by atoms with van der Waals surface area (Å²) >= 11 is 0. The van der Waals surface area contributed by atoms with Crippen LogP contribution in [0.15, 0.2) is 0 Å². The Balaban J connectivity index is 2.47. The molecule has 3 saturated heterocycles. The van der Waals surface area contributed by atoms with Crippen molar-refractivity contribution in [1.29, 1.82) is 0 Å². The predicted octanol–water partition coefficient (Wildman–Crippen LogP) is 3.37. The van der Waals surface area contributed by atoms with Crippen molar-refractivity contribution in [3.63, 3.8) is 0 Å². The van der Waals surface area contributed by atoms with Crippen LogP contribution in [0, 0.1) is 5.92 Å². The van der Waals surface area contributed by atoms with Crippen LogP contribution in [0.25, 0.3) is 0 Å². The summed E-state index contributed by atoms with van der Waals surface area (Å²) in [6.07, 6.45) is 3.69. The highest BCUT2D eigenvalue weighted by Gasteiger charge is 2.63. The fourth-order valence-corrected chi connectivity index (χ4v) is 8.46. The molecule has 0 radical (unpaired) electrons. The standard InChI is InChI=1S/C19H38N2O5Si/c1-6-17(27(24-8-3,25-9-4)26-10-5)19(20-18(22)23-7-2)15-16-11-13-21(19)14-12-16/h16-17H,6-15H2,1-5H3,(H,20,22). The van der Waals surface area contributed by atoms with Gasteiger partial charge in [0.2, 0.25) is 0 Å². The second kappa shape index (κ2) is 10.2. The van der Waals surface area contributed by atoms with Gasteiger partial charge in [-0.15, -0.1) is 0 Å². The Labute approximate surface area is 165 Å². The summed E-state index contributed by atoms with van der Waals surface area (Å²) in [5.74, 6) is 0.600. The molecule has 3 aliphatic heterocycles. The van der Waals surface area contributed by atoms with Crippen molar-refractivity contribution in [2.24, 2.45) is 5.92 Å². The number of rotatable bonds is 11. The lowest BCUT2D eigenvalue weighted by Gasteiger charge is -2.59. The molecule has 27 heavy (non-hydrogen) atoms. The second-order valence-corrected chi connectivity index (χ2v) is 10.0. The molecule has 0 spiro atoms. The van der Waals surface area contributed by atoms with Gasteiger partial charge in [-0.3, -0.25) is 4.90 Å². The smallest absolute Gasteiger partial charge is 0.450 e. The van der Waals surface area contributed by atoms with E-state index >= 15 is 0 Å². The molecule has 0 saturated carbocycles. The third-order valence-corrected chi connectivity index (χ3v) is 9.63. The van der Waals surface area contributed by atoms with Gasteiger partial charge in [-0.1, -0.05) is 6.92 Å². The molecule has 3 heterocycles. The van der Waals surface area contributed by atoms with Crippen LogP contribution < -0.4 is 5.32 Å². The zero-order valence-corrected chi connectivity index (χ0v) is 18.7. The zero-order valence-electron chi connectivity index (χ0n) is 17.7. The number of hydrogen-bond donors (Lipinski definition) is 1. The average Bonchev–Trinajstić information content (AvgIpc) is 2.64. The van der Waals surface area contributed by atoms with E-state index < -0.39 is 14.5 Å². The maximum absolute atomic E-state index is 12.5. The molecule has 8 heteroatoms. The number of ether oxygens (including phenoxy) is 1. The minimum atomic E-state index is -3.02. The van der Waals surface area contributed by atoms with Crippen LogP contribution in [0.1, 0.15) is 60.3 Å². The maximum atomic E-state index is 12.5. The molecule has 2 bridgehead atoms. The number of hydrogen-bond acceptors (Lipinski definition) is 6. The molecule has 0 aromatic carbocycles. The van der Waals surface area contributed by atoms with Crippen LogP contribution in [0.3, 0.4) is 0 Å². The Morgan fingerprint density at radius 3 is 1.96 bits per heavy atom. The van der Waals surface area contributed by atoms with E-state index in [-0.39, 0.29) is 11.6 Å². The van der Waals surface area contributed by atoms with E-state index in [4.69, 9.17) is 18.0 Å². The van der Waals surface area contributed by atoms with Crippen molar-refractivity contribution in [3.8, 4) is 0 Å². The highest BCUT2D eigenvalue weighted by atomic mass is 28.4. The third kappa shape index (κ3) is 4.67. The lowest BCUT2D eigenvalue weighted by atomic mass is 9.77. The number of alkyl carbamates (subject to hydrolysis) is 1. The number of amides is 1. The molecule has 3 rings (SSSR count). The first-order chi connectivity index (χ1) is 13.0. The highest BCUT2D eigenvalue weighted by Crippen LogP contribution is 2.49. The Kier molecular flexibility index (Phi) is 8.55. The van der Waals surface area contributed by atoms with Gasteiger partial charge in [-0.2, -0.15) is 0 Å². The number of fused-ring (bicyclic) bond motifs is 3. The number of carbonyl (C=O) groups excluding carboxylic acids is 1. The van der Waals surface area contributed by atoms with E-state index in [2.05, 4.69) is 17.1 Å². The average molecular weight is 403 g/mol. The molecule has 0 aromatic heterocycles. The lowest BCUT2D eigenvalue weighted by Crippen LogP contribution is -2.74. The van der Waals surface area contributed by atoms with Gasteiger partial charge >= 0.3 is 14.9 Å². The van der Waals surface area contributed by atoms with Gasteiger partial charge in [0.1, 0.15) is 5.66 Å². The number of piperidine rings is 3. The van der Waals surface area contributed by atoms with Crippen molar-refractivity contribution >= 4 is 14.9 Å². The number of nitrogens with one attached hydrogen (secondary N) is 1. The maximum Gasteiger partial charge on any atom is 0.508 e. The summed E-state index contributed by atoms with van der Waals surface area (Å²) in [7, 11) is -3.02. The van der Waals surface area contributed by atoms with Crippen molar-refractivity contribution in [2.75, 3.05) is 39.5 Å². The van der Waals surface area contributed by atoms with Crippen LogP contribution in [-0.4, -0.2) is 65.0 Å². The summed E-state index contributed by atoms with van der Waals surface area (Å²) in [6, 6.07) is 0. The molecule has 2 unspecified atom stereocenters. The van der Waals surface area contributed by atoms with Crippen molar-refractivity contribution in [1.82, 2.24) is 10.2 Å². The van der Waals surface area contributed by atoms with Crippen LogP contribution in [0.5, 0.6) is 0 Å². The molecule has 158 valence electrons. The Bertz CT molecular complexity index is 456. The molecule has 3 aliphatic rings. The summed E-state index contributed by atoms with van der Waals surface area (Å²) in [6.45, 7) is 13.8. The monoisotopic (exact) mass is 402 g/mol. The minimum Gasteiger partial charge on any atom is -0.450 e. The van der Waals surface area contributed by atoms with E-state index in [0.717, 1.165) is 25.9 Å². The SMILES string of the molecule is CCOC(=O)NC1(C(CC)[Si](OCC)(OCC)OCC)CC2CCN1CC2. The van der Waals surface area contributed by atoms with Gasteiger partial charge in [0.15, 0.2) is 0 Å². The minimum absolute atomic E-state index is 0.0441. The topological polar surface area (TPSA) is 69.3 Å². The lowest BCUT2D eigenvalue weighted by molar-refractivity contribution is -0.0737. The first-order valence-corrected chi connectivity index (χ1v) is 12.4. The summed E-state index contributed by atoms with van der Waals surface area (Å²) in [5, 5.41) is 3.26. The Hall–Kier alpha value is -0.673. The Morgan fingerprint density at radius 2 is 1.59 bits per heavy atom. The van der Waals surface area contributed by atoms with Crippen LogP contribution in [0.2, 0.25) is 5.54 Å². The van der Waals surface area contributed by atoms with Crippen molar-refractivity contribution in [2.45, 2.75) is 71.5 Å². The van der Waals surface area contributed by atoms with Crippen molar-refractivity contribution in [3.05, 3.63) is 0 Å². The third-order valence-electron chi connectivity index (χ3n) is 5.82. The normalized spacial score (nSPS) is 28.8. The molecular weight excluding hydrogens is 364 g/mol. The highest BCUT2D eigenvalue weighted by molar-refractivity contribution is 6.62. The molecule has 0 aliphatic carbocycles. The number of nitrogens with zero attached hydrogens (tertiary/aromatic N) is 1. The fourth-order valence-electron chi connectivity index (χ4n) is 4.94. The van der Waals surface area contributed by atoms with Crippen LogP contribution in [0.4, 0.5) is 4.79 Å². The Morgan fingerprint density at radius 1 is 1.04 bits per heavy atom. The second-order valence-electron chi connectivity index (χ2n) is 7.27. The van der Waals surface area contributed by atoms with Gasteiger partial charge in [0, 0.05) is 32.9 Å². The molecule has 2 atom stereocenters. The summed E-state index contributed by atoms with van der Waals surface area (Å²) < 4.78 is 24.1. The van der Waals surface area contributed by atoms with Crippen molar-refractivity contribution < 1.29 is 22.8 Å². The van der Waals surface area contributed by atoms with E-state index in [1.54, 1.807) is 0 Å². The van der Waals surface area contributed by atoms with Gasteiger partial charge in [0.25, 0.3) is 0 Å². The molecule has 1 N–H and O–H groups in total. The zero-order chi connectivity index (χ0) is 19.9. The molecule has 3 fully saturated rings. The van der Waals surface area contributed by atoms with Gasteiger partial charge in [-0.05, 0) is 59.3 Å².